The molecule has 0 unspecified atom stereocenters. The van der Waals surface area contributed by atoms with Crippen molar-refractivity contribution in [1.29, 1.82) is 0 Å². The fourth-order valence-electron chi connectivity index (χ4n) is 1.46. The van der Waals surface area contributed by atoms with Crippen LogP contribution in [0.3, 0.4) is 0 Å². The number of hydrogen-bond donors (Lipinski definition) is 2. The number of carbonyl (C=O) groups excluding carboxylic acids is 1. The van der Waals surface area contributed by atoms with Gasteiger partial charge in [-0.15, -0.1) is 0 Å². The van der Waals surface area contributed by atoms with Gasteiger partial charge in [-0.25, -0.2) is 4.39 Å². The van der Waals surface area contributed by atoms with Crippen LogP contribution in [0.5, 0.6) is 0 Å². The fourth-order valence-corrected chi connectivity index (χ4v) is 1.46. The van der Waals surface area contributed by atoms with Gasteiger partial charge in [0.15, 0.2) is 0 Å². The Morgan fingerprint density at radius 3 is 2.87 bits per heavy atom. The second-order valence-electron chi connectivity index (χ2n) is 3.60. The van der Waals surface area contributed by atoms with Crippen molar-refractivity contribution in [3.8, 4) is 0 Å². The molecule has 1 aromatic rings. The smallest absolute Gasteiger partial charge is 0.237 e. The second-order valence-corrected chi connectivity index (χ2v) is 3.60. The van der Waals surface area contributed by atoms with Crippen LogP contribution >= 0.6 is 0 Å². The molecule has 1 atom stereocenters. The molecular weight excluding hydrogens is 195 g/mol. The number of halogens is 1. The lowest BCUT2D eigenvalue weighted by Crippen LogP contribution is -2.53. The molecule has 1 aromatic carbocycles. The van der Waals surface area contributed by atoms with Crippen LogP contribution in [0.25, 0.3) is 0 Å². The molecule has 0 saturated carbocycles. The first-order chi connectivity index (χ1) is 7.27. The normalized spacial score (nSPS) is 19.4. The highest BCUT2D eigenvalue weighted by atomic mass is 19.1. The van der Waals surface area contributed by atoms with Crippen LogP contribution in [0.1, 0.15) is 12.0 Å². The molecule has 2 N–H and O–H groups in total. The zero-order valence-corrected chi connectivity index (χ0v) is 8.29. The van der Waals surface area contributed by atoms with Crippen molar-refractivity contribution in [1.82, 2.24) is 10.6 Å². The van der Waals surface area contributed by atoms with Crippen molar-refractivity contribution in [2.75, 3.05) is 6.54 Å². The van der Waals surface area contributed by atoms with Gasteiger partial charge in [-0.3, -0.25) is 4.79 Å². The number of carbonyl (C=O) groups is 1. The lowest BCUT2D eigenvalue weighted by Gasteiger charge is -2.26. The zero-order chi connectivity index (χ0) is 10.7. The first-order valence-electron chi connectivity index (χ1n) is 5.02. The van der Waals surface area contributed by atoms with Crippen molar-refractivity contribution >= 4 is 5.91 Å². The average molecular weight is 208 g/mol. The summed E-state index contributed by atoms with van der Waals surface area (Å²) in [6, 6.07) is 6.37. The minimum Gasteiger partial charge on any atom is -0.351 e. The summed E-state index contributed by atoms with van der Waals surface area (Å²) in [5.74, 6) is -0.330. The number of hydrogen-bond acceptors (Lipinski definition) is 2. The maximum absolute atomic E-state index is 13.2. The van der Waals surface area contributed by atoms with Crippen LogP contribution in [0, 0.1) is 5.82 Å². The molecule has 1 aliphatic rings. The van der Waals surface area contributed by atoms with Gasteiger partial charge in [-0.05, 0) is 19.0 Å². The molecule has 0 bridgehead atoms. The third kappa shape index (κ3) is 2.33. The van der Waals surface area contributed by atoms with E-state index in [1.54, 1.807) is 18.2 Å². The third-order valence-electron chi connectivity index (χ3n) is 2.55. The Bertz CT molecular complexity index is 363. The minimum absolute atomic E-state index is 0.0514. The van der Waals surface area contributed by atoms with Crippen LogP contribution in [0.2, 0.25) is 0 Å². The molecule has 0 radical (unpaired) electrons. The van der Waals surface area contributed by atoms with Gasteiger partial charge < -0.3 is 10.6 Å². The third-order valence-corrected chi connectivity index (χ3v) is 2.55. The van der Waals surface area contributed by atoms with E-state index in [0.29, 0.717) is 5.56 Å². The maximum Gasteiger partial charge on any atom is 0.237 e. The van der Waals surface area contributed by atoms with Gasteiger partial charge in [-0.2, -0.15) is 0 Å². The van der Waals surface area contributed by atoms with Crippen molar-refractivity contribution in [2.24, 2.45) is 0 Å². The number of nitrogens with one attached hydrogen (secondary N) is 2. The Balaban J connectivity index is 1.87. The molecule has 1 aliphatic heterocycles. The molecular formula is C11H13FN2O. The van der Waals surface area contributed by atoms with Crippen molar-refractivity contribution < 1.29 is 9.18 Å². The molecule has 1 fully saturated rings. The molecule has 4 heteroatoms. The van der Waals surface area contributed by atoms with Crippen LogP contribution < -0.4 is 10.6 Å². The molecule has 1 saturated heterocycles. The van der Waals surface area contributed by atoms with E-state index in [-0.39, 0.29) is 24.3 Å². The summed E-state index contributed by atoms with van der Waals surface area (Å²) < 4.78 is 13.2. The van der Waals surface area contributed by atoms with E-state index < -0.39 is 0 Å². The van der Waals surface area contributed by atoms with E-state index in [2.05, 4.69) is 10.6 Å². The van der Waals surface area contributed by atoms with Gasteiger partial charge in [0.2, 0.25) is 5.91 Å². The van der Waals surface area contributed by atoms with Crippen LogP contribution in [0.4, 0.5) is 4.39 Å². The van der Waals surface area contributed by atoms with Crippen molar-refractivity contribution in [3.05, 3.63) is 35.6 Å². The summed E-state index contributed by atoms with van der Waals surface area (Å²) in [5.41, 5.74) is 0.519. The number of rotatable bonds is 3. The predicted octanol–water partition coefficient (Wildman–Crippen LogP) is 0.804. The monoisotopic (exact) mass is 208 g/mol. The van der Waals surface area contributed by atoms with E-state index in [9.17, 15) is 9.18 Å². The van der Waals surface area contributed by atoms with Gasteiger partial charge in [0, 0.05) is 12.1 Å². The molecule has 3 nitrogen and oxygen atoms in total. The van der Waals surface area contributed by atoms with Gasteiger partial charge in [0.05, 0.1) is 6.04 Å². The molecule has 0 spiro atoms. The van der Waals surface area contributed by atoms with Crippen LogP contribution in [-0.2, 0) is 11.3 Å². The first kappa shape index (κ1) is 10.1. The van der Waals surface area contributed by atoms with Crippen molar-refractivity contribution in [3.63, 3.8) is 0 Å². The summed E-state index contributed by atoms with van der Waals surface area (Å²) in [7, 11) is 0. The van der Waals surface area contributed by atoms with Crippen LogP contribution in [-0.4, -0.2) is 18.5 Å². The first-order valence-corrected chi connectivity index (χ1v) is 5.02. The molecule has 15 heavy (non-hydrogen) atoms. The summed E-state index contributed by atoms with van der Waals surface area (Å²) >= 11 is 0. The number of benzene rings is 1. The van der Waals surface area contributed by atoms with E-state index in [1.807, 2.05) is 0 Å². The summed E-state index contributed by atoms with van der Waals surface area (Å²) in [4.78, 5) is 11.4. The SMILES string of the molecule is O=C(NCc1ccccc1F)[C@H]1CCN1. The molecule has 80 valence electrons. The zero-order valence-electron chi connectivity index (χ0n) is 8.29. The lowest BCUT2D eigenvalue weighted by molar-refractivity contribution is -0.124. The van der Waals surface area contributed by atoms with E-state index in [0.717, 1.165) is 13.0 Å². The lowest BCUT2D eigenvalue weighted by atomic mass is 10.1. The fraction of sp³-hybridized carbons (Fsp3) is 0.364. The summed E-state index contributed by atoms with van der Waals surface area (Å²) in [6.45, 7) is 1.14. The highest BCUT2D eigenvalue weighted by molar-refractivity contribution is 5.82. The molecule has 1 heterocycles. The Labute approximate surface area is 87.7 Å². The molecule has 1 amide bonds. The van der Waals surface area contributed by atoms with Gasteiger partial charge in [-0.1, -0.05) is 18.2 Å². The average Bonchev–Trinajstić information content (AvgIpc) is 2.14. The van der Waals surface area contributed by atoms with Crippen molar-refractivity contribution in [2.45, 2.75) is 19.0 Å². The van der Waals surface area contributed by atoms with Gasteiger partial charge in [0.1, 0.15) is 5.82 Å². The largest absolute Gasteiger partial charge is 0.351 e. The molecule has 0 aromatic heterocycles. The number of amides is 1. The Kier molecular flexibility index (Phi) is 2.97. The topological polar surface area (TPSA) is 41.1 Å². The maximum atomic E-state index is 13.2. The van der Waals surface area contributed by atoms with Gasteiger partial charge in [0.25, 0.3) is 0 Å². The Morgan fingerprint density at radius 2 is 2.27 bits per heavy atom. The highest BCUT2D eigenvalue weighted by Gasteiger charge is 2.23. The standard InChI is InChI=1S/C11H13FN2O/c12-9-4-2-1-3-8(9)7-14-11(15)10-5-6-13-10/h1-4,10,13H,5-7H2,(H,14,15)/t10-/m1/s1. The predicted molar refractivity (Wildman–Crippen MR) is 54.7 cm³/mol. The van der Waals surface area contributed by atoms with Gasteiger partial charge >= 0.3 is 0 Å². The van der Waals surface area contributed by atoms with Crippen LogP contribution in [0.15, 0.2) is 24.3 Å². The molecule has 0 aliphatic carbocycles. The quantitative estimate of drug-likeness (QED) is 0.771. The summed E-state index contributed by atoms with van der Waals surface area (Å²) in [6.07, 6.45) is 0.864. The Hall–Kier alpha value is -1.42. The highest BCUT2D eigenvalue weighted by Crippen LogP contribution is 2.06. The summed E-state index contributed by atoms with van der Waals surface area (Å²) in [5, 5.41) is 5.69. The Morgan fingerprint density at radius 1 is 1.53 bits per heavy atom. The van der Waals surface area contributed by atoms with E-state index in [4.69, 9.17) is 0 Å². The molecule has 2 rings (SSSR count). The van der Waals surface area contributed by atoms with E-state index in [1.165, 1.54) is 6.07 Å². The second kappa shape index (κ2) is 4.40. The minimum atomic E-state index is -0.278. The van der Waals surface area contributed by atoms with E-state index >= 15 is 0 Å².